The van der Waals surface area contributed by atoms with Gasteiger partial charge in [-0.25, -0.2) is 19.7 Å². The van der Waals surface area contributed by atoms with Crippen LogP contribution in [0.3, 0.4) is 0 Å². The molecule has 2 aromatic rings. The number of urea groups is 1. The lowest BCUT2D eigenvalue weighted by molar-refractivity contribution is 0.248. The first-order chi connectivity index (χ1) is 9.47. The van der Waals surface area contributed by atoms with Crippen molar-refractivity contribution in [1.82, 2.24) is 25.1 Å². The number of anilines is 1. The average Bonchev–Trinajstić information content (AvgIpc) is 2.69. The van der Waals surface area contributed by atoms with Gasteiger partial charge in [-0.05, 0) is 26.0 Å². The van der Waals surface area contributed by atoms with Crippen molar-refractivity contribution in [3.8, 4) is 0 Å². The van der Waals surface area contributed by atoms with Crippen molar-refractivity contribution < 1.29 is 4.79 Å². The molecular weight excluding hydrogens is 260 g/mol. The minimum atomic E-state index is -0.413. The first-order valence-corrected chi connectivity index (χ1v) is 6.10. The molecule has 2 amide bonds. The molecule has 0 radical (unpaired) electrons. The molecule has 20 heavy (non-hydrogen) atoms. The molecule has 1 atom stereocenters. The highest BCUT2D eigenvalue weighted by atomic mass is 16.2. The molecule has 2 heterocycles. The molecule has 0 aliphatic heterocycles. The van der Waals surface area contributed by atoms with Crippen molar-refractivity contribution in [2.24, 2.45) is 7.05 Å². The topological polar surface area (TPSA) is 105 Å². The van der Waals surface area contributed by atoms with E-state index in [0.717, 1.165) is 5.69 Å². The van der Waals surface area contributed by atoms with E-state index in [2.05, 4.69) is 25.8 Å². The molecule has 0 bridgehead atoms. The van der Waals surface area contributed by atoms with E-state index in [1.54, 1.807) is 26.1 Å². The molecule has 2 rings (SSSR count). The standard InChI is InChI=1S/C12H16N6O2/c1-7-5-4-6-9(13-7)15-11(19)14-8(2)10-16-17-12(20)18(10)3/h4-6,8H,1-3H3,(H,17,20)(H2,13,14,15,19). The summed E-state index contributed by atoms with van der Waals surface area (Å²) in [7, 11) is 1.58. The maximum absolute atomic E-state index is 11.8. The Labute approximate surface area is 115 Å². The number of hydrogen-bond acceptors (Lipinski definition) is 4. The van der Waals surface area contributed by atoms with Crippen molar-refractivity contribution in [3.63, 3.8) is 0 Å². The summed E-state index contributed by atoms with van der Waals surface area (Å²) >= 11 is 0. The Balaban J connectivity index is 2.01. The SMILES string of the molecule is Cc1cccc(NC(=O)NC(C)c2n[nH]c(=O)n2C)n1. The Bertz CT molecular complexity index is 675. The van der Waals surface area contributed by atoms with Crippen molar-refractivity contribution >= 4 is 11.8 Å². The van der Waals surface area contributed by atoms with Crippen LogP contribution in [-0.2, 0) is 7.05 Å². The van der Waals surface area contributed by atoms with E-state index in [1.165, 1.54) is 4.57 Å². The molecule has 0 fully saturated rings. The Morgan fingerprint density at radius 1 is 1.45 bits per heavy atom. The fraction of sp³-hybridized carbons (Fsp3) is 0.333. The lowest BCUT2D eigenvalue weighted by atomic mass is 10.3. The maximum Gasteiger partial charge on any atom is 0.343 e. The van der Waals surface area contributed by atoms with Gasteiger partial charge in [0.05, 0.1) is 6.04 Å². The molecule has 0 aliphatic rings. The fourth-order valence-corrected chi connectivity index (χ4v) is 1.77. The third-order valence-corrected chi connectivity index (χ3v) is 2.78. The second kappa shape index (κ2) is 5.55. The summed E-state index contributed by atoms with van der Waals surface area (Å²) < 4.78 is 1.34. The summed E-state index contributed by atoms with van der Waals surface area (Å²) in [5.74, 6) is 0.910. The molecule has 0 saturated carbocycles. The highest BCUT2D eigenvalue weighted by molar-refractivity contribution is 5.88. The van der Waals surface area contributed by atoms with Crippen molar-refractivity contribution in [2.45, 2.75) is 19.9 Å². The van der Waals surface area contributed by atoms with Crippen LogP contribution in [0.2, 0.25) is 0 Å². The van der Waals surface area contributed by atoms with Gasteiger partial charge in [0.2, 0.25) is 0 Å². The first-order valence-electron chi connectivity index (χ1n) is 6.10. The number of nitrogens with one attached hydrogen (secondary N) is 3. The van der Waals surface area contributed by atoms with Crippen molar-refractivity contribution in [2.75, 3.05) is 5.32 Å². The lowest BCUT2D eigenvalue weighted by Gasteiger charge is -2.13. The Morgan fingerprint density at radius 2 is 2.20 bits per heavy atom. The zero-order valence-corrected chi connectivity index (χ0v) is 11.5. The van der Waals surface area contributed by atoms with Gasteiger partial charge in [-0.3, -0.25) is 9.88 Å². The van der Waals surface area contributed by atoms with Crippen LogP contribution in [0.5, 0.6) is 0 Å². The predicted octanol–water partition coefficient (Wildman–Crippen LogP) is 0.695. The molecule has 106 valence electrons. The number of aromatic amines is 1. The number of aromatic nitrogens is 4. The zero-order valence-electron chi connectivity index (χ0n) is 11.5. The lowest BCUT2D eigenvalue weighted by Crippen LogP contribution is -2.33. The van der Waals surface area contributed by atoms with Gasteiger partial charge in [-0.15, -0.1) is 0 Å². The van der Waals surface area contributed by atoms with Gasteiger partial charge in [-0.2, -0.15) is 5.10 Å². The third-order valence-electron chi connectivity index (χ3n) is 2.78. The van der Waals surface area contributed by atoms with Crippen LogP contribution >= 0.6 is 0 Å². The molecule has 0 spiro atoms. The fourth-order valence-electron chi connectivity index (χ4n) is 1.77. The molecular formula is C12H16N6O2. The second-order valence-electron chi connectivity index (χ2n) is 4.43. The van der Waals surface area contributed by atoms with Crippen LogP contribution in [-0.4, -0.2) is 25.8 Å². The Kier molecular flexibility index (Phi) is 3.83. The van der Waals surface area contributed by atoms with Gasteiger partial charge in [0, 0.05) is 12.7 Å². The van der Waals surface area contributed by atoms with E-state index in [-0.39, 0.29) is 5.69 Å². The van der Waals surface area contributed by atoms with Crippen LogP contribution in [0.15, 0.2) is 23.0 Å². The van der Waals surface area contributed by atoms with Crippen LogP contribution in [0, 0.1) is 6.92 Å². The smallest absolute Gasteiger partial charge is 0.328 e. The van der Waals surface area contributed by atoms with E-state index in [9.17, 15) is 9.59 Å². The number of nitrogens with zero attached hydrogens (tertiary/aromatic N) is 3. The number of aryl methyl sites for hydroxylation is 1. The zero-order chi connectivity index (χ0) is 14.7. The van der Waals surface area contributed by atoms with Crippen molar-refractivity contribution in [3.05, 3.63) is 40.2 Å². The van der Waals surface area contributed by atoms with Crippen molar-refractivity contribution in [1.29, 1.82) is 0 Å². The highest BCUT2D eigenvalue weighted by Gasteiger charge is 2.15. The van der Waals surface area contributed by atoms with Crippen LogP contribution in [0.1, 0.15) is 24.5 Å². The molecule has 0 aromatic carbocycles. The van der Waals surface area contributed by atoms with Gasteiger partial charge in [0.15, 0.2) is 5.82 Å². The van der Waals surface area contributed by atoms with Gasteiger partial charge in [0.25, 0.3) is 0 Å². The third kappa shape index (κ3) is 3.02. The largest absolute Gasteiger partial charge is 0.343 e. The number of carbonyl (C=O) groups is 1. The monoisotopic (exact) mass is 276 g/mol. The molecule has 2 aromatic heterocycles. The molecule has 8 nitrogen and oxygen atoms in total. The maximum atomic E-state index is 11.8. The minimum absolute atomic E-state index is 0.325. The average molecular weight is 276 g/mol. The quantitative estimate of drug-likeness (QED) is 0.767. The van der Waals surface area contributed by atoms with E-state index < -0.39 is 12.1 Å². The van der Waals surface area contributed by atoms with E-state index >= 15 is 0 Å². The van der Waals surface area contributed by atoms with Crippen LogP contribution < -0.4 is 16.3 Å². The molecule has 3 N–H and O–H groups in total. The number of carbonyl (C=O) groups excluding carboxylic acids is 1. The minimum Gasteiger partial charge on any atom is -0.328 e. The number of pyridine rings is 1. The van der Waals surface area contributed by atoms with Gasteiger partial charge < -0.3 is 5.32 Å². The number of hydrogen-bond donors (Lipinski definition) is 3. The van der Waals surface area contributed by atoms with E-state index in [0.29, 0.717) is 11.6 Å². The van der Waals surface area contributed by atoms with Gasteiger partial charge >= 0.3 is 11.7 Å². The summed E-state index contributed by atoms with van der Waals surface area (Å²) in [5.41, 5.74) is 0.486. The van der Waals surface area contributed by atoms with E-state index in [1.807, 2.05) is 13.0 Å². The molecule has 1 unspecified atom stereocenters. The predicted molar refractivity (Wildman–Crippen MR) is 73.4 cm³/mol. The second-order valence-corrected chi connectivity index (χ2v) is 4.43. The van der Waals surface area contributed by atoms with Gasteiger partial charge in [0.1, 0.15) is 5.82 Å². The summed E-state index contributed by atoms with van der Waals surface area (Å²) in [6.07, 6.45) is 0. The number of amides is 2. The van der Waals surface area contributed by atoms with Crippen LogP contribution in [0.25, 0.3) is 0 Å². The highest BCUT2D eigenvalue weighted by Crippen LogP contribution is 2.07. The molecule has 8 heteroatoms. The summed E-state index contributed by atoms with van der Waals surface area (Å²) in [6.45, 7) is 3.57. The summed E-state index contributed by atoms with van der Waals surface area (Å²) in [6, 6.07) is 4.51. The first kappa shape index (κ1) is 13.8. The van der Waals surface area contributed by atoms with E-state index in [4.69, 9.17) is 0 Å². The van der Waals surface area contributed by atoms with Crippen LogP contribution in [0.4, 0.5) is 10.6 Å². The summed E-state index contributed by atoms with van der Waals surface area (Å²) in [5, 5.41) is 11.5. The molecule has 0 saturated heterocycles. The van der Waals surface area contributed by atoms with Gasteiger partial charge in [-0.1, -0.05) is 6.07 Å². The summed E-state index contributed by atoms with van der Waals surface area (Å²) in [4.78, 5) is 27.3. The Morgan fingerprint density at radius 3 is 2.80 bits per heavy atom. The molecule has 0 aliphatic carbocycles. The normalized spacial score (nSPS) is 11.9. The number of rotatable bonds is 3. The number of H-pyrrole nitrogens is 1. The Hall–Kier alpha value is -2.64.